The van der Waals surface area contributed by atoms with Gasteiger partial charge in [0, 0.05) is 36.3 Å². The highest BCUT2D eigenvalue weighted by Gasteiger charge is 2.24. The van der Waals surface area contributed by atoms with Crippen LogP contribution in [0.2, 0.25) is 0 Å². The van der Waals surface area contributed by atoms with E-state index in [9.17, 15) is 18.9 Å². The van der Waals surface area contributed by atoms with Crippen molar-refractivity contribution < 1.29 is 22.3 Å². The van der Waals surface area contributed by atoms with Crippen LogP contribution in [-0.4, -0.2) is 28.2 Å². The number of rotatable bonds is 10. The summed E-state index contributed by atoms with van der Waals surface area (Å²) in [5.41, 5.74) is 1.19. The number of hydrogen-bond acceptors (Lipinski definition) is 6. The predicted octanol–water partition coefficient (Wildman–Crippen LogP) is 7.18. The Labute approximate surface area is 246 Å². The quantitative estimate of drug-likeness (QED) is 0.197. The second kappa shape index (κ2) is 12.7. The van der Waals surface area contributed by atoms with Crippen molar-refractivity contribution in [2.24, 2.45) is 0 Å². The number of ether oxygens (including phenoxy) is 2. The Balaban J connectivity index is 1.84. The molecule has 0 aliphatic heterocycles. The van der Waals surface area contributed by atoms with Crippen molar-refractivity contribution >= 4 is 20.8 Å². The standard InChI is InChI=1S/C33H32FN3O4S/c1-5-40-16-8-15-37-42(38,39)26-13-11-25(12-14-26)41-30-19-24(33(2,3)4)18-22-17-23(20-35)28(21-36)32(31(22)30)27-9-6-7-10-29(27)34/h6-7,9-14,17-19,37H,5,8,15-16H2,1-4H3. The van der Waals surface area contributed by atoms with Gasteiger partial charge in [-0.25, -0.2) is 17.5 Å². The van der Waals surface area contributed by atoms with Gasteiger partial charge in [0.2, 0.25) is 10.0 Å². The third-order valence-corrected chi connectivity index (χ3v) is 8.24. The van der Waals surface area contributed by atoms with Crippen LogP contribution in [-0.2, 0) is 20.2 Å². The minimum Gasteiger partial charge on any atom is -0.457 e. The lowest BCUT2D eigenvalue weighted by Crippen LogP contribution is -2.25. The maximum atomic E-state index is 15.2. The topological polar surface area (TPSA) is 112 Å². The summed E-state index contributed by atoms with van der Waals surface area (Å²) in [6.45, 7) is 9.26. The van der Waals surface area contributed by atoms with E-state index in [-0.39, 0.29) is 39.1 Å². The molecule has 1 N–H and O–H groups in total. The summed E-state index contributed by atoms with van der Waals surface area (Å²) in [4.78, 5) is 0.0806. The van der Waals surface area contributed by atoms with Crippen LogP contribution in [0.4, 0.5) is 4.39 Å². The van der Waals surface area contributed by atoms with Gasteiger partial charge in [-0.1, -0.05) is 45.0 Å². The van der Waals surface area contributed by atoms with Gasteiger partial charge in [-0.15, -0.1) is 0 Å². The van der Waals surface area contributed by atoms with Crippen LogP contribution >= 0.6 is 0 Å². The third kappa shape index (κ3) is 6.61. The molecule has 0 aromatic heterocycles. The highest BCUT2D eigenvalue weighted by atomic mass is 32.2. The van der Waals surface area contributed by atoms with Crippen molar-refractivity contribution in [1.82, 2.24) is 4.72 Å². The molecule has 4 aromatic carbocycles. The largest absolute Gasteiger partial charge is 0.457 e. The van der Waals surface area contributed by atoms with E-state index in [1.54, 1.807) is 36.4 Å². The molecule has 0 bridgehead atoms. The zero-order valence-corrected chi connectivity index (χ0v) is 24.8. The molecule has 9 heteroatoms. The molecule has 0 unspecified atom stereocenters. The van der Waals surface area contributed by atoms with E-state index in [2.05, 4.69) is 16.9 Å². The van der Waals surface area contributed by atoms with Crippen LogP contribution in [0.1, 0.15) is 50.8 Å². The van der Waals surface area contributed by atoms with Crippen molar-refractivity contribution in [2.75, 3.05) is 19.8 Å². The number of hydrogen-bond donors (Lipinski definition) is 1. The number of halogens is 1. The van der Waals surface area contributed by atoms with E-state index < -0.39 is 15.8 Å². The molecule has 0 fully saturated rings. The number of sulfonamides is 1. The SMILES string of the molecule is CCOCCCNS(=O)(=O)c1ccc(Oc2cc(C(C)(C)C)cc3cc(C#N)c(C#N)c(-c4ccccc4F)c23)cc1. The zero-order chi connectivity index (χ0) is 30.5. The van der Waals surface area contributed by atoms with Crippen LogP contribution in [0.5, 0.6) is 11.5 Å². The van der Waals surface area contributed by atoms with Gasteiger partial charge in [0.15, 0.2) is 0 Å². The van der Waals surface area contributed by atoms with Crippen LogP contribution in [0.25, 0.3) is 21.9 Å². The first kappa shape index (κ1) is 30.7. The van der Waals surface area contributed by atoms with Crippen molar-refractivity contribution in [3.05, 3.63) is 89.2 Å². The summed E-state index contributed by atoms with van der Waals surface area (Å²) in [7, 11) is -3.73. The number of nitriles is 2. The number of fused-ring (bicyclic) bond motifs is 1. The van der Waals surface area contributed by atoms with Crippen LogP contribution in [0.3, 0.4) is 0 Å². The Kier molecular flexibility index (Phi) is 9.28. The first-order valence-corrected chi connectivity index (χ1v) is 15.0. The van der Waals surface area contributed by atoms with Crippen molar-refractivity contribution in [1.29, 1.82) is 10.5 Å². The Bertz CT molecular complexity index is 1800. The molecule has 7 nitrogen and oxygen atoms in total. The van der Waals surface area contributed by atoms with Gasteiger partial charge in [-0.05, 0) is 72.2 Å². The van der Waals surface area contributed by atoms with Gasteiger partial charge in [-0.3, -0.25) is 0 Å². The van der Waals surface area contributed by atoms with Crippen LogP contribution < -0.4 is 9.46 Å². The van der Waals surface area contributed by atoms with Gasteiger partial charge in [-0.2, -0.15) is 10.5 Å². The summed E-state index contributed by atoms with van der Waals surface area (Å²) in [6, 6.07) is 21.6. The summed E-state index contributed by atoms with van der Waals surface area (Å²) in [5, 5.41) is 21.0. The van der Waals surface area contributed by atoms with E-state index in [0.29, 0.717) is 41.9 Å². The fraction of sp³-hybridized carbons (Fsp3) is 0.273. The summed E-state index contributed by atoms with van der Waals surface area (Å²) < 4.78 is 54.8. The summed E-state index contributed by atoms with van der Waals surface area (Å²) in [5.74, 6) is 0.154. The van der Waals surface area contributed by atoms with Gasteiger partial charge in [0.25, 0.3) is 0 Å². The van der Waals surface area contributed by atoms with Gasteiger partial charge >= 0.3 is 0 Å². The van der Waals surface area contributed by atoms with Crippen molar-refractivity contribution in [3.8, 4) is 34.8 Å². The number of nitrogens with one attached hydrogen (secondary N) is 1. The Morgan fingerprint density at radius 1 is 0.976 bits per heavy atom. The molecule has 0 aliphatic carbocycles. The molecule has 0 spiro atoms. The second-order valence-electron chi connectivity index (χ2n) is 10.7. The lowest BCUT2D eigenvalue weighted by Gasteiger charge is -2.23. The Hall–Kier alpha value is -4.28. The highest BCUT2D eigenvalue weighted by Crippen LogP contribution is 2.44. The molecule has 216 valence electrons. The molecular formula is C33H32FN3O4S. The number of nitrogens with zero attached hydrogens (tertiary/aromatic N) is 2. The fourth-order valence-electron chi connectivity index (χ4n) is 4.58. The highest BCUT2D eigenvalue weighted by molar-refractivity contribution is 7.89. The molecule has 0 atom stereocenters. The van der Waals surface area contributed by atoms with Crippen molar-refractivity contribution in [3.63, 3.8) is 0 Å². The summed E-state index contributed by atoms with van der Waals surface area (Å²) >= 11 is 0. The maximum Gasteiger partial charge on any atom is 0.240 e. The summed E-state index contributed by atoms with van der Waals surface area (Å²) in [6.07, 6.45) is 0.550. The van der Waals surface area contributed by atoms with Crippen LogP contribution in [0, 0.1) is 28.5 Å². The molecule has 0 saturated heterocycles. The number of benzene rings is 4. The predicted molar refractivity (Wildman–Crippen MR) is 160 cm³/mol. The van der Waals surface area contributed by atoms with E-state index in [0.717, 1.165) is 5.56 Å². The van der Waals surface area contributed by atoms with Crippen LogP contribution in [0.15, 0.2) is 71.6 Å². The average Bonchev–Trinajstić information content (AvgIpc) is 2.96. The molecule has 0 radical (unpaired) electrons. The van der Waals surface area contributed by atoms with E-state index >= 15 is 4.39 Å². The van der Waals surface area contributed by atoms with E-state index in [4.69, 9.17) is 9.47 Å². The molecule has 0 aliphatic rings. The minimum atomic E-state index is -3.73. The lowest BCUT2D eigenvalue weighted by molar-refractivity contribution is 0.146. The first-order chi connectivity index (χ1) is 20.0. The molecule has 42 heavy (non-hydrogen) atoms. The van der Waals surface area contributed by atoms with Gasteiger partial charge < -0.3 is 9.47 Å². The normalized spacial score (nSPS) is 11.7. The molecule has 4 aromatic rings. The molecule has 0 saturated carbocycles. The smallest absolute Gasteiger partial charge is 0.240 e. The van der Waals surface area contributed by atoms with E-state index in [1.165, 1.54) is 18.2 Å². The van der Waals surface area contributed by atoms with Gasteiger partial charge in [0.1, 0.15) is 29.5 Å². The maximum absolute atomic E-state index is 15.2. The van der Waals surface area contributed by atoms with Gasteiger partial charge in [0.05, 0.1) is 16.0 Å². The van der Waals surface area contributed by atoms with Crippen molar-refractivity contribution in [2.45, 2.75) is 44.4 Å². The molecular weight excluding hydrogens is 553 g/mol. The molecule has 0 heterocycles. The van der Waals surface area contributed by atoms with E-state index in [1.807, 2.05) is 39.8 Å². The fourth-order valence-corrected chi connectivity index (χ4v) is 5.65. The average molecular weight is 586 g/mol. The first-order valence-electron chi connectivity index (χ1n) is 13.6. The Morgan fingerprint density at radius 3 is 2.31 bits per heavy atom. The molecule has 0 amide bonds. The molecule has 4 rings (SSSR count). The minimum absolute atomic E-state index is 0.0420. The Morgan fingerprint density at radius 2 is 1.69 bits per heavy atom. The monoisotopic (exact) mass is 585 g/mol. The zero-order valence-electron chi connectivity index (χ0n) is 24.0. The second-order valence-corrected chi connectivity index (χ2v) is 12.5. The third-order valence-electron chi connectivity index (χ3n) is 6.77. The lowest BCUT2D eigenvalue weighted by atomic mass is 9.83.